The number of rotatable bonds is 6. The first kappa shape index (κ1) is 20.6. The summed E-state index contributed by atoms with van der Waals surface area (Å²) < 4.78 is 5.49. The van der Waals surface area contributed by atoms with Gasteiger partial charge in [-0.15, -0.1) is 0 Å². The van der Waals surface area contributed by atoms with Crippen molar-refractivity contribution in [2.24, 2.45) is 0 Å². The first-order chi connectivity index (χ1) is 15.2. The molecule has 1 saturated heterocycles. The van der Waals surface area contributed by atoms with Crippen LogP contribution in [0.25, 0.3) is 10.3 Å². The van der Waals surface area contributed by atoms with E-state index in [0.717, 1.165) is 85.6 Å². The van der Waals surface area contributed by atoms with Crippen LogP contribution in [0.15, 0.2) is 30.5 Å². The van der Waals surface area contributed by atoms with Crippen molar-refractivity contribution in [3.05, 3.63) is 36.0 Å². The molecular formula is C22H28N6O2S. The molecule has 1 aliphatic heterocycles. The van der Waals surface area contributed by atoms with Gasteiger partial charge in [-0.3, -0.25) is 4.90 Å². The van der Waals surface area contributed by atoms with Crippen LogP contribution >= 0.6 is 11.3 Å². The summed E-state index contributed by atoms with van der Waals surface area (Å²) in [7, 11) is 0. The standard InChI is InChI=1S/C22H28N6O2S/c29-17-5-3-16(4-6-17)24-19-12-15(14-28-8-10-30-11-9-28)13-20(26-19)27-22-25-18-2-1-7-23-21(18)31-22/h1-2,7,12-13,16-17,29H,3-6,8-11,14H2,(H2,24,25,26,27)/t16-,17-. The lowest BCUT2D eigenvalue weighted by molar-refractivity contribution is 0.0342. The zero-order valence-corrected chi connectivity index (χ0v) is 18.3. The molecule has 2 fully saturated rings. The van der Waals surface area contributed by atoms with Crippen molar-refractivity contribution in [2.75, 3.05) is 36.9 Å². The second kappa shape index (κ2) is 9.44. The molecule has 2 aliphatic rings. The van der Waals surface area contributed by atoms with Crippen LogP contribution in [0.5, 0.6) is 0 Å². The molecule has 5 rings (SSSR count). The number of thiazole rings is 1. The Hall–Kier alpha value is -2.33. The molecule has 0 amide bonds. The molecule has 3 aromatic heterocycles. The van der Waals surface area contributed by atoms with Gasteiger partial charge in [-0.2, -0.15) is 0 Å². The highest BCUT2D eigenvalue weighted by Crippen LogP contribution is 2.28. The number of fused-ring (bicyclic) bond motifs is 1. The van der Waals surface area contributed by atoms with E-state index >= 15 is 0 Å². The topological polar surface area (TPSA) is 95.4 Å². The third-order valence-electron chi connectivity index (χ3n) is 5.85. The van der Waals surface area contributed by atoms with E-state index in [2.05, 4.69) is 37.6 Å². The van der Waals surface area contributed by atoms with Gasteiger partial charge < -0.3 is 20.5 Å². The number of ether oxygens (including phenoxy) is 1. The zero-order chi connectivity index (χ0) is 21.0. The van der Waals surface area contributed by atoms with Crippen LogP contribution in [0, 0.1) is 0 Å². The highest BCUT2D eigenvalue weighted by atomic mass is 32.1. The summed E-state index contributed by atoms with van der Waals surface area (Å²) in [5.41, 5.74) is 2.09. The minimum Gasteiger partial charge on any atom is -0.393 e. The summed E-state index contributed by atoms with van der Waals surface area (Å²) >= 11 is 1.53. The van der Waals surface area contributed by atoms with Crippen LogP contribution in [0.2, 0.25) is 0 Å². The lowest BCUT2D eigenvalue weighted by Crippen LogP contribution is -2.35. The van der Waals surface area contributed by atoms with E-state index < -0.39 is 0 Å². The van der Waals surface area contributed by atoms with Gasteiger partial charge in [0, 0.05) is 31.9 Å². The van der Waals surface area contributed by atoms with Gasteiger partial charge in [0.05, 0.1) is 19.3 Å². The Morgan fingerprint density at radius 1 is 1.10 bits per heavy atom. The third kappa shape index (κ3) is 5.30. The van der Waals surface area contributed by atoms with Gasteiger partial charge in [0.1, 0.15) is 22.0 Å². The first-order valence-corrected chi connectivity index (χ1v) is 11.8. The normalized spacial score (nSPS) is 22.5. The minimum atomic E-state index is -0.163. The number of pyridine rings is 2. The average molecular weight is 441 g/mol. The molecule has 0 aromatic carbocycles. The minimum absolute atomic E-state index is 0.163. The molecule has 3 aromatic rings. The maximum absolute atomic E-state index is 9.81. The molecule has 4 heterocycles. The summed E-state index contributed by atoms with van der Waals surface area (Å²) in [5, 5.41) is 17.6. The van der Waals surface area contributed by atoms with Crippen LogP contribution in [0.1, 0.15) is 31.2 Å². The fourth-order valence-electron chi connectivity index (χ4n) is 4.20. The van der Waals surface area contributed by atoms with E-state index in [1.807, 2.05) is 12.1 Å². The van der Waals surface area contributed by atoms with Crippen molar-refractivity contribution >= 4 is 38.5 Å². The number of aromatic nitrogens is 3. The number of morpholine rings is 1. The molecule has 0 bridgehead atoms. The van der Waals surface area contributed by atoms with E-state index in [1.54, 1.807) is 6.20 Å². The van der Waals surface area contributed by atoms with Gasteiger partial charge in [-0.05, 0) is 55.5 Å². The lowest BCUT2D eigenvalue weighted by atomic mass is 9.93. The number of aliphatic hydroxyl groups excluding tert-OH is 1. The van der Waals surface area contributed by atoms with Crippen LogP contribution < -0.4 is 10.6 Å². The van der Waals surface area contributed by atoms with Crippen molar-refractivity contribution in [2.45, 2.75) is 44.4 Å². The van der Waals surface area contributed by atoms with Gasteiger partial charge >= 0.3 is 0 Å². The molecule has 0 unspecified atom stereocenters. The molecule has 0 spiro atoms. The number of hydrogen-bond acceptors (Lipinski definition) is 9. The van der Waals surface area contributed by atoms with Crippen molar-refractivity contribution in [1.29, 1.82) is 0 Å². The van der Waals surface area contributed by atoms with Gasteiger partial charge in [-0.1, -0.05) is 11.3 Å². The summed E-state index contributed by atoms with van der Waals surface area (Å²) in [6.45, 7) is 4.31. The molecule has 31 heavy (non-hydrogen) atoms. The SMILES string of the molecule is O[C@H]1CC[C@H](Nc2cc(CN3CCOCC3)cc(Nc3nc4cccnc4s3)n2)CC1. The second-order valence-electron chi connectivity index (χ2n) is 8.26. The molecule has 1 aliphatic carbocycles. The fraction of sp³-hybridized carbons (Fsp3) is 0.500. The number of aliphatic hydroxyl groups is 1. The number of nitrogens with one attached hydrogen (secondary N) is 2. The highest BCUT2D eigenvalue weighted by Gasteiger charge is 2.20. The monoisotopic (exact) mass is 440 g/mol. The van der Waals surface area contributed by atoms with Crippen molar-refractivity contribution in [3.63, 3.8) is 0 Å². The maximum Gasteiger partial charge on any atom is 0.190 e. The molecule has 3 N–H and O–H groups in total. The number of nitrogens with zero attached hydrogens (tertiary/aromatic N) is 4. The van der Waals surface area contributed by atoms with E-state index in [-0.39, 0.29) is 6.10 Å². The lowest BCUT2D eigenvalue weighted by Gasteiger charge is -2.28. The van der Waals surface area contributed by atoms with Crippen molar-refractivity contribution in [1.82, 2.24) is 19.9 Å². The van der Waals surface area contributed by atoms with Gasteiger partial charge in [0.2, 0.25) is 0 Å². The Kier molecular flexibility index (Phi) is 6.26. The van der Waals surface area contributed by atoms with Crippen molar-refractivity contribution < 1.29 is 9.84 Å². The van der Waals surface area contributed by atoms with Crippen LogP contribution in [0.3, 0.4) is 0 Å². The van der Waals surface area contributed by atoms with Crippen LogP contribution in [-0.2, 0) is 11.3 Å². The Bertz CT molecular complexity index is 981. The first-order valence-electron chi connectivity index (χ1n) is 11.0. The Morgan fingerprint density at radius 2 is 1.90 bits per heavy atom. The largest absolute Gasteiger partial charge is 0.393 e. The fourth-order valence-corrected chi connectivity index (χ4v) is 5.01. The average Bonchev–Trinajstić information content (AvgIpc) is 3.18. The van der Waals surface area contributed by atoms with E-state index in [0.29, 0.717) is 6.04 Å². The van der Waals surface area contributed by atoms with Gasteiger partial charge in [-0.25, -0.2) is 15.0 Å². The predicted molar refractivity (Wildman–Crippen MR) is 123 cm³/mol. The second-order valence-corrected chi connectivity index (χ2v) is 9.23. The summed E-state index contributed by atoms with van der Waals surface area (Å²) in [6, 6.07) is 8.46. The zero-order valence-electron chi connectivity index (χ0n) is 17.5. The summed E-state index contributed by atoms with van der Waals surface area (Å²) in [4.78, 5) is 17.2. The Morgan fingerprint density at radius 3 is 2.71 bits per heavy atom. The van der Waals surface area contributed by atoms with Gasteiger partial charge in [0.15, 0.2) is 5.13 Å². The number of anilines is 3. The number of hydrogen-bond donors (Lipinski definition) is 3. The smallest absolute Gasteiger partial charge is 0.190 e. The molecule has 9 heteroatoms. The molecule has 8 nitrogen and oxygen atoms in total. The van der Waals surface area contributed by atoms with Gasteiger partial charge in [0.25, 0.3) is 0 Å². The molecule has 0 atom stereocenters. The Balaban J connectivity index is 1.37. The molecule has 164 valence electrons. The molecule has 1 saturated carbocycles. The van der Waals surface area contributed by atoms with Crippen LogP contribution in [0.4, 0.5) is 16.8 Å². The quantitative estimate of drug-likeness (QED) is 0.537. The summed E-state index contributed by atoms with van der Waals surface area (Å²) in [5.74, 6) is 1.65. The van der Waals surface area contributed by atoms with E-state index in [4.69, 9.17) is 9.72 Å². The van der Waals surface area contributed by atoms with E-state index in [9.17, 15) is 5.11 Å². The van der Waals surface area contributed by atoms with Crippen molar-refractivity contribution in [3.8, 4) is 0 Å². The molecular weight excluding hydrogens is 412 g/mol. The third-order valence-corrected chi connectivity index (χ3v) is 6.74. The molecule has 0 radical (unpaired) electrons. The predicted octanol–water partition coefficient (Wildman–Crippen LogP) is 3.38. The Labute approximate surface area is 185 Å². The maximum atomic E-state index is 9.81. The van der Waals surface area contributed by atoms with E-state index in [1.165, 1.54) is 16.9 Å². The summed E-state index contributed by atoms with van der Waals surface area (Å²) in [6.07, 6.45) is 5.23. The highest BCUT2D eigenvalue weighted by molar-refractivity contribution is 7.21. The van der Waals surface area contributed by atoms with Crippen LogP contribution in [-0.4, -0.2) is 63.4 Å².